The van der Waals surface area contributed by atoms with Crippen LogP contribution in [-0.4, -0.2) is 31.6 Å². The number of carbonyl (C=O) groups excluding carboxylic acids is 1. The van der Waals surface area contributed by atoms with Crippen LogP contribution in [0.25, 0.3) is 0 Å². The Morgan fingerprint density at radius 1 is 1.58 bits per heavy atom. The molecule has 0 amide bonds. The van der Waals surface area contributed by atoms with Gasteiger partial charge in [-0.05, 0) is 26.3 Å². The molecule has 2 fully saturated rings. The molecular weight excluding hydrogens is 154 g/mol. The van der Waals surface area contributed by atoms with E-state index in [4.69, 9.17) is 4.74 Å². The molecule has 3 atom stereocenters. The van der Waals surface area contributed by atoms with Gasteiger partial charge < -0.3 is 10.1 Å². The van der Waals surface area contributed by atoms with Crippen molar-refractivity contribution in [2.24, 2.45) is 5.92 Å². The summed E-state index contributed by atoms with van der Waals surface area (Å²) in [5.41, 5.74) is 0. The third-order valence-electron chi connectivity index (χ3n) is 2.87. The quantitative estimate of drug-likeness (QED) is 0.662. The molecule has 0 radical (unpaired) electrons. The predicted molar refractivity (Wildman–Crippen MR) is 44.9 cm³/mol. The molecule has 2 rings (SSSR count). The fourth-order valence-corrected chi connectivity index (χ4v) is 2.28. The first-order chi connectivity index (χ1) is 5.81. The van der Waals surface area contributed by atoms with Crippen LogP contribution >= 0.6 is 0 Å². The van der Waals surface area contributed by atoms with Gasteiger partial charge in [-0.25, -0.2) is 0 Å². The van der Waals surface area contributed by atoms with Crippen molar-refractivity contribution in [3.63, 3.8) is 0 Å². The van der Waals surface area contributed by atoms with Gasteiger partial charge in [0.15, 0.2) is 5.78 Å². The van der Waals surface area contributed by atoms with Crippen LogP contribution in [0.15, 0.2) is 0 Å². The van der Waals surface area contributed by atoms with Crippen molar-refractivity contribution >= 4 is 5.78 Å². The number of ketones is 1. The number of carbonyl (C=O) groups is 1. The zero-order chi connectivity index (χ0) is 8.55. The molecule has 2 aliphatic rings. The number of likely N-dealkylation sites (N-methyl/N-ethyl adjacent to an activating group) is 1. The molecule has 2 saturated heterocycles. The summed E-state index contributed by atoms with van der Waals surface area (Å²) in [6, 6.07) is 0. The molecule has 0 aliphatic carbocycles. The van der Waals surface area contributed by atoms with Crippen LogP contribution < -0.4 is 5.32 Å². The summed E-state index contributed by atoms with van der Waals surface area (Å²) in [6.07, 6.45) is 3.85. The smallest absolute Gasteiger partial charge is 0.152 e. The summed E-state index contributed by atoms with van der Waals surface area (Å²) in [4.78, 5) is 11.5. The highest BCUT2D eigenvalue weighted by Gasteiger charge is 2.43. The summed E-state index contributed by atoms with van der Waals surface area (Å²) in [6.45, 7) is 0.497. The Hall–Kier alpha value is -0.410. The highest BCUT2D eigenvalue weighted by Crippen LogP contribution is 2.38. The van der Waals surface area contributed by atoms with Crippen molar-refractivity contribution < 1.29 is 9.53 Å². The van der Waals surface area contributed by atoms with Gasteiger partial charge in [0.2, 0.25) is 0 Å². The third-order valence-corrected chi connectivity index (χ3v) is 2.87. The second-order valence-corrected chi connectivity index (χ2v) is 3.71. The van der Waals surface area contributed by atoms with Gasteiger partial charge >= 0.3 is 0 Å². The number of rotatable bonds is 3. The summed E-state index contributed by atoms with van der Waals surface area (Å²) in [5.74, 6) is 0.515. The first kappa shape index (κ1) is 8.20. The van der Waals surface area contributed by atoms with Gasteiger partial charge in [0.05, 0.1) is 18.8 Å². The lowest BCUT2D eigenvalue weighted by Gasteiger charge is -2.16. The van der Waals surface area contributed by atoms with Crippen LogP contribution in [0.2, 0.25) is 0 Å². The van der Waals surface area contributed by atoms with E-state index in [1.807, 2.05) is 7.05 Å². The second kappa shape index (κ2) is 3.15. The van der Waals surface area contributed by atoms with E-state index in [-0.39, 0.29) is 12.0 Å². The second-order valence-electron chi connectivity index (χ2n) is 3.71. The number of fused-ring (bicyclic) bond motifs is 2. The van der Waals surface area contributed by atoms with E-state index in [9.17, 15) is 4.79 Å². The maximum atomic E-state index is 11.5. The van der Waals surface area contributed by atoms with Gasteiger partial charge in [0.1, 0.15) is 0 Å². The molecule has 68 valence electrons. The van der Waals surface area contributed by atoms with E-state index in [1.54, 1.807) is 0 Å². The van der Waals surface area contributed by atoms with Crippen LogP contribution in [0.4, 0.5) is 0 Å². The molecule has 1 N–H and O–H groups in total. The van der Waals surface area contributed by atoms with Crippen LogP contribution in [0.1, 0.15) is 19.3 Å². The Labute approximate surface area is 72.5 Å². The zero-order valence-corrected chi connectivity index (χ0v) is 7.38. The molecule has 3 nitrogen and oxygen atoms in total. The molecule has 2 heterocycles. The van der Waals surface area contributed by atoms with Gasteiger partial charge in [-0.1, -0.05) is 0 Å². The molecule has 3 unspecified atom stereocenters. The van der Waals surface area contributed by atoms with E-state index in [1.165, 1.54) is 0 Å². The number of nitrogens with one attached hydrogen (secondary N) is 1. The van der Waals surface area contributed by atoms with E-state index in [0.29, 0.717) is 18.4 Å². The Morgan fingerprint density at radius 3 is 2.92 bits per heavy atom. The Balaban J connectivity index is 1.93. The monoisotopic (exact) mass is 169 g/mol. The summed E-state index contributed by atoms with van der Waals surface area (Å²) >= 11 is 0. The fraction of sp³-hybridized carbons (Fsp3) is 0.889. The number of ether oxygens (including phenoxy) is 1. The first-order valence-corrected chi connectivity index (χ1v) is 4.64. The van der Waals surface area contributed by atoms with Crippen molar-refractivity contribution in [1.29, 1.82) is 0 Å². The normalized spacial score (nSPS) is 38.9. The van der Waals surface area contributed by atoms with Crippen molar-refractivity contribution in [2.45, 2.75) is 31.5 Å². The molecular formula is C9H15NO2. The van der Waals surface area contributed by atoms with Crippen LogP contribution in [0.3, 0.4) is 0 Å². The maximum absolute atomic E-state index is 11.5. The Morgan fingerprint density at radius 2 is 2.42 bits per heavy atom. The lowest BCUT2D eigenvalue weighted by molar-refractivity contribution is -0.123. The zero-order valence-electron chi connectivity index (χ0n) is 7.38. The lowest BCUT2D eigenvalue weighted by Crippen LogP contribution is -2.31. The maximum Gasteiger partial charge on any atom is 0.152 e. The van der Waals surface area contributed by atoms with Crippen LogP contribution in [-0.2, 0) is 9.53 Å². The molecule has 3 heteroatoms. The highest BCUT2D eigenvalue weighted by molar-refractivity contribution is 5.83. The molecule has 0 aromatic heterocycles. The van der Waals surface area contributed by atoms with Crippen LogP contribution in [0.5, 0.6) is 0 Å². The van der Waals surface area contributed by atoms with E-state index < -0.39 is 0 Å². The average Bonchev–Trinajstić information content (AvgIpc) is 2.64. The van der Waals surface area contributed by atoms with Gasteiger partial charge in [-0.2, -0.15) is 0 Å². The lowest BCUT2D eigenvalue weighted by atomic mass is 9.86. The van der Waals surface area contributed by atoms with Gasteiger partial charge in [-0.15, -0.1) is 0 Å². The minimum Gasteiger partial charge on any atom is -0.374 e. The Bertz CT molecular complexity index is 193. The number of Topliss-reactive ketones (excluding diaryl/α,β-unsaturated/α-hetero) is 1. The first-order valence-electron chi connectivity index (χ1n) is 4.64. The fourth-order valence-electron chi connectivity index (χ4n) is 2.28. The molecule has 2 bridgehead atoms. The largest absolute Gasteiger partial charge is 0.374 e. The van der Waals surface area contributed by atoms with Gasteiger partial charge in [0.25, 0.3) is 0 Å². The average molecular weight is 169 g/mol. The van der Waals surface area contributed by atoms with Crippen molar-refractivity contribution in [3.8, 4) is 0 Å². The minimum atomic E-state index is 0.191. The van der Waals surface area contributed by atoms with E-state index in [2.05, 4.69) is 5.32 Å². The SMILES string of the molecule is CNCC(=O)C1CC2CCC1O2. The molecule has 0 aromatic rings. The molecule has 0 spiro atoms. The molecule has 0 aromatic carbocycles. The van der Waals surface area contributed by atoms with Crippen LogP contribution in [0, 0.1) is 5.92 Å². The van der Waals surface area contributed by atoms with Crippen molar-refractivity contribution in [2.75, 3.05) is 13.6 Å². The number of hydrogen-bond donors (Lipinski definition) is 1. The van der Waals surface area contributed by atoms with Gasteiger partial charge in [0, 0.05) is 5.92 Å². The highest BCUT2D eigenvalue weighted by atomic mass is 16.5. The predicted octanol–water partition coefficient (Wildman–Crippen LogP) is 0.342. The molecule has 12 heavy (non-hydrogen) atoms. The van der Waals surface area contributed by atoms with Crippen molar-refractivity contribution in [3.05, 3.63) is 0 Å². The number of hydrogen-bond acceptors (Lipinski definition) is 3. The third kappa shape index (κ3) is 1.27. The van der Waals surface area contributed by atoms with E-state index in [0.717, 1.165) is 19.3 Å². The summed E-state index contributed by atoms with van der Waals surface area (Å²) in [5, 5.41) is 2.90. The molecule has 2 aliphatic heterocycles. The minimum absolute atomic E-state index is 0.191. The van der Waals surface area contributed by atoms with E-state index >= 15 is 0 Å². The Kier molecular flexibility index (Phi) is 2.15. The summed E-state index contributed by atoms with van der Waals surface area (Å²) < 4.78 is 5.60. The topological polar surface area (TPSA) is 38.3 Å². The van der Waals surface area contributed by atoms with Gasteiger partial charge in [-0.3, -0.25) is 4.79 Å². The van der Waals surface area contributed by atoms with Crippen molar-refractivity contribution in [1.82, 2.24) is 5.32 Å². The molecule has 0 saturated carbocycles. The standard InChI is InChI=1S/C9H15NO2/c1-10-5-8(11)7-4-6-2-3-9(7)12-6/h6-7,9-10H,2-5H2,1H3. The summed E-state index contributed by atoms with van der Waals surface area (Å²) in [7, 11) is 1.81.